The summed E-state index contributed by atoms with van der Waals surface area (Å²) in [5.41, 5.74) is 7.69. The average Bonchev–Trinajstić information content (AvgIpc) is 2.41. The maximum absolute atomic E-state index is 11.3. The van der Waals surface area contributed by atoms with E-state index in [1.54, 1.807) is 24.3 Å². The molecule has 0 spiro atoms. The number of nitrogens with two attached hydrogens (primary N) is 1. The van der Waals surface area contributed by atoms with Gasteiger partial charge in [-0.3, -0.25) is 9.63 Å². The first kappa shape index (κ1) is 15.8. The fourth-order valence-corrected chi connectivity index (χ4v) is 1.47. The van der Waals surface area contributed by atoms with Crippen molar-refractivity contribution in [2.45, 2.75) is 19.3 Å². The van der Waals surface area contributed by atoms with E-state index in [2.05, 4.69) is 5.48 Å². The fourth-order valence-electron chi connectivity index (χ4n) is 1.34. The van der Waals surface area contributed by atoms with Crippen LogP contribution >= 0.6 is 11.6 Å². The van der Waals surface area contributed by atoms with Crippen molar-refractivity contribution in [2.75, 3.05) is 19.8 Å². The lowest BCUT2D eigenvalue weighted by molar-refractivity contribution is -0.134. The third kappa shape index (κ3) is 7.66. The number of carbonyl (C=O) groups excluding carboxylic acids is 1. The zero-order valence-corrected chi connectivity index (χ0v) is 11.5. The Morgan fingerprint density at radius 2 is 1.95 bits per heavy atom. The molecule has 1 aromatic rings. The Morgan fingerprint density at radius 3 is 2.63 bits per heavy atom. The smallest absolute Gasteiger partial charge is 0.243 e. The molecule has 0 heterocycles. The highest BCUT2D eigenvalue weighted by Gasteiger charge is 2.00. The Morgan fingerprint density at radius 1 is 1.21 bits per heavy atom. The maximum atomic E-state index is 11.3. The molecule has 0 saturated heterocycles. The largest absolute Gasteiger partial charge is 0.491 e. The van der Waals surface area contributed by atoms with E-state index in [-0.39, 0.29) is 12.5 Å². The van der Waals surface area contributed by atoms with Gasteiger partial charge in [0.1, 0.15) is 19.0 Å². The fraction of sp³-hybridized carbons (Fsp3) is 0.462. The summed E-state index contributed by atoms with van der Waals surface area (Å²) in [4.78, 5) is 16.2. The highest BCUT2D eigenvalue weighted by atomic mass is 35.5. The number of nitrogens with one attached hydrogen (secondary N) is 1. The highest BCUT2D eigenvalue weighted by molar-refractivity contribution is 6.30. The van der Waals surface area contributed by atoms with Crippen LogP contribution in [0.2, 0.25) is 5.02 Å². The normalized spacial score (nSPS) is 10.2. The lowest BCUT2D eigenvalue weighted by Gasteiger charge is -2.07. The van der Waals surface area contributed by atoms with Gasteiger partial charge in [0.05, 0.1) is 0 Å². The molecule has 1 rings (SSSR count). The molecule has 0 bridgehead atoms. The van der Waals surface area contributed by atoms with Gasteiger partial charge in [-0.25, -0.2) is 5.48 Å². The molecule has 1 amide bonds. The van der Waals surface area contributed by atoms with Crippen LogP contribution < -0.4 is 16.0 Å². The third-order valence-corrected chi connectivity index (χ3v) is 2.56. The quantitative estimate of drug-likeness (QED) is 0.537. The van der Waals surface area contributed by atoms with Crippen molar-refractivity contribution in [3.05, 3.63) is 29.3 Å². The molecule has 0 aliphatic heterocycles. The molecule has 3 N–H and O–H groups in total. The third-order valence-electron chi connectivity index (χ3n) is 2.31. The Balaban J connectivity index is 2.01. The summed E-state index contributed by atoms with van der Waals surface area (Å²) in [5.74, 6) is 0.571. The molecule has 0 aromatic heterocycles. The van der Waals surface area contributed by atoms with Crippen LogP contribution in [0.5, 0.6) is 5.75 Å². The number of ether oxygens (including phenoxy) is 1. The van der Waals surface area contributed by atoms with Crippen LogP contribution in [0.3, 0.4) is 0 Å². The molecule has 1 aromatic carbocycles. The van der Waals surface area contributed by atoms with Crippen LogP contribution in [0, 0.1) is 0 Å². The molecule has 19 heavy (non-hydrogen) atoms. The van der Waals surface area contributed by atoms with Crippen LogP contribution in [-0.4, -0.2) is 25.7 Å². The Hall–Kier alpha value is -1.30. The van der Waals surface area contributed by atoms with Crippen molar-refractivity contribution >= 4 is 17.5 Å². The summed E-state index contributed by atoms with van der Waals surface area (Å²) in [6, 6.07) is 7.04. The molecule has 106 valence electrons. The molecule has 0 aliphatic carbocycles. The number of amides is 1. The van der Waals surface area contributed by atoms with Gasteiger partial charge < -0.3 is 10.5 Å². The van der Waals surface area contributed by atoms with E-state index in [1.807, 2.05) is 0 Å². The second kappa shape index (κ2) is 9.61. The molecule has 0 radical (unpaired) electrons. The van der Waals surface area contributed by atoms with Gasteiger partial charge in [0.25, 0.3) is 0 Å². The van der Waals surface area contributed by atoms with Gasteiger partial charge in [-0.05, 0) is 43.7 Å². The minimum atomic E-state index is -0.139. The second-order valence-electron chi connectivity index (χ2n) is 3.92. The zero-order valence-electron chi connectivity index (χ0n) is 10.7. The van der Waals surface area contributed by atoms with Gasteiger partial charge in [0.15, 0.2) is 0 Å². The summed E-state index contributed by atoms with van der Waals surface area (Å²) in [6.07, 6.45) is 2.04. The molecule has 0 unspecified atom stereocenters. The molecule has 0 aliphatic rings. The van der Waals surface area contributed by atoms with Crippen LogP contribution in [0.1, 0.15) is 19.3 Å². The second-order valence-corrected chi connectivity index (χ2v) is 4.36. The van der Waals surface area contributed by atoms with Crippen LogP contribution in [0.4, 0.5) is 0 Å². The van der Waals surface area contributed by atoms with Crippen molar-refractivity contribution in [2.24, 2.45) is 5.73 Å². The van der Waals surface area contributed by atoms with E-state index in [0.29, 0.717) is 30.3 Å². The number of benzene rings is 1. The number of rotatable bonds is 9. The van der Waals surface area contributed by atoms with Gasteiger partial charge in [0.2, 0.25) is 5.91 Å². The Kier molecular flexibility index (Phi) is 7.97. The standard InChI is InChI=1S/C13H19ClN2O3/c14-11-4-6-12(7-5-11)18-9-10-19-16-13(17)3-1-2-8-15/h4-7H,1-3,8-10,15H2,(H,16,17). The summed E-state index contributed by atoms with van der Waals surface area (Å²) in [6.45, 7) is 1.24. The van der Waals surface area contributed by atoms with Crippen molar-refractivity contribution in [3.8, 4) is 5.75 Å². The highest BCUT2D eigenvalue weighted by Crippen LogP contribution is 2.15. The first-order valence-electron chi connectivity index (χ1n) is 6.21. The average molecular weight is 287 g/mol. The molecule has 0 fully saturated rings. The monoisotopic (exact) mass is 286 g/mol. The van der Waals surface area contributed by atoms with E-state index in [9.17, 15) is 4.79 Å². The lowest BCUT2D eigenvalue weighted by atomic mass is 10.2. The van der Waals surface area contributed by atoms with Crippen molar-refractivity contribution in [3.63, 3.8) is 0 Å². The number of hydroxylamine groups is 1. The van der Waals surface area contributed by atoms with E-state index in [0.717, 1.165) is 12.8 Å². The van der Waals surface area contributed by atoms with Gasteiger partial charge in [-0.15, -0.1) is 0 Å². The van der Waals surface area contributed by atoms with E-state index < -0.39 is 0 Å². The number of hydrogen-bond acceptors (Lipinski definition) is 4. The number of halogens is 1. The molecule has 5 nitrogen and oxygen atoms in total. The van der Waals surface area contributed by atoms with Gasteiger partial charge >= 0.3 is 0 Å². The van der Waals surface area contributed by atoms with Crippen LogP contribution in [0.15, 0.2) is 24.3 Å². The summed E-state index contributed by atoms with van der Waals surface area (Å²) in [7, 11) is 0. The summed E-state index contributed by atoms with van der Waals surface area (Å²) in [5, 5.41) is 0.661. The number of hydrogen-bond donors (Lipinski definition) is 2. The first-order valence-corrected chi connectivity index (χ1v) is 6.59. The predicted molar refractivity (Wildman–Crippen MR) is 73.9 cm³/mol. The predicted octanol–water partition coefficient (Wildman–Crippen LogP) is 1.90. The Bertz CT molecular complexity index is 371. The minimum absolute atomic E-state index is 0.139. The summed E-state index contributed by atoms with van der Waals surface area (Å²) < 4.78 is 5.39. The van der Waals surface area contributed by atoms with Gasteiger partial charge in [-0.1, -0.05) is 11.6 Å². The molecule has 6 heteroatoms. The molecule has 0 saturated carbocycles. The topological polar surface area (TPSA) is 73.6 Å². The Labute approximate surface area is 118 Å². The van der Waals surface area contributed by atoms with Crippen molar-refractivity contribution in [1.29, 1.82) is 0 Å². The van der Waals surface area contributed by atoms with Crippen LogP contribution in [-0.2, 0) is 9.63 Å². The maximum Gasteiger partial charge on any atom is 0.243 e. The van der Waals surface area contributed by atoms with Crippen LogP contribution in [0.25, 0.3) is 0 Å². The first-order chi connectivity index (χ1) is 9.22. The van der Waals surface area contributed by atoms with E-state index in [1.165, 1.54) is 0 Å². The number of unbranched alkanes of at least 4 members (excludes halogenated alkanes) is 1. The molecular formula is C13H19ClN2O3. The van der Waals surface area contributed by atoms with Crippen molar-refractivity contribution < 1.29 is 14.4 Å². The molecular weight excluding hydrogens is 268 g/mol. The van der Waals surface area contributed by atoms with E-state index >= 15 is 0 Å². The zero-order chi connectivity index (χ0) is 13.9. The minimum Gasteiger partial charge on any atom is -0.491 e. The van der Waals surface area contributed by atoms with Crippen molar-refractivity contribution in [1.82, 2.24) is 5.48 Å². The summed E-state index contributed by atoms with van der Waals surface area (Å²) >= 11 is 5.75. The SMILES string of the molecule is NCCCCC(=O)NOCCOc1ccc(Cl)cc1. The molecule has 0 atom stereocenters. The van der Waals surface area contributed by atoms with E-state index in [4.69, 9.17) is 26.9 Å². The van der Waals surface area contributed by atoms with Gasteiger partial charge in [0, 0.05) is 11.4 Å². The van der Waals surface area contributed by atoms with Gasteiger partial charge in [-0.2, -0.15) is 0 Å². The number of carbonyl (C=O) groups is 1. The lowest BCUT2D eigenvalue weighted by Crippen LogP contribution is -2.25.